The number of nitriles is 2. The van der Waals surface area contributed by atoms with E-state index in [1.54, 1.807) is 0 Å². The Balaban J connectivity index is 3.88. The highest BCUT2D eigenvalue weighted by Gasteiger charge is 2.24. The van der Waals surface area contributed by atoms with E-state index >= 15 is 0 Å². The molecule has 0 aliphatic carbocycles. The fourth-order valence-electron chi connectivity index (χ4n) is 0.945. The monoisotopic (exact) mass is 207 g/mol. The van der Waals surface area contributed by atoms with Crippen LogP contribution < -0.4 is 0 Å². The van der Waals surface area contributed by atoms with Crippen molar-refractivity contribution in [1.29, 1.82) is 10.5 Å². The van der Waals surface area contributed by atoms with Gasteiger partial charge in [0.1, 0.15) is 23.3 Å². The molecule has 72 valence electrons. The third-order valence-electron chi connectivity index (χ3n) is 1.63. The number of halogens is 3. The van der Waals surface area contributed by atoms with E-state index in [4.69, 9.17) is 17.1 Å². The van der Waals surface area contributed by atoms with Gasteiger partial charge in [0.25, 0.3) is 5.69 Å². The van der Waals surface area contributed by atoms with Crippen molar-refractivity contribution in [2.24, 2.45) is 0 Å². The fraction of sp³-hybridized carbons (Fsp3) is 0. The summed E-state index contributed by atoms with van der Waals surface area (Å²) in [5.74, 6) is -4.74. The maximum absolute atomic E-state index is 13.1. The summed E-state index contributed by atoms with van der Waals surface area (Å²) < 4.78 is 39.3. The Bertz CT molecular complexity index is 456. The first-order chi connectivity index (χ1) is 7.08. The van der Waals surface area contributed by atoms with Gasteiger partial charge in [0.2, 0.25) is 0 Å². The van der Waals surface area contributed by atoms with E-state index in [0.717, 1.165) is 12.1 Å². The van der Waals surface area contributed by atoms with Gasteiger partial charge in [-0.3, -0.25) is 0 Å². The van der Waals surface area contributed by atoms with Crippen LogP contribution in [0.3, 0.4) is 0 Å². The molecular weight excluding hydrogens is 207 g/mol. The van der Waals surface area contributed by atoms with E-state index in [2.05, 4.69) is 4.85 Å². The normalized spacial score (nSPS) is 8.80. The Hall–Kier alpha value is -2.52. The lowest BCUT2D eigenvalue weighted by atomic mass is 10.1. The Kier molecular flexibility index (Phi) is 2.60. The molecule has 0 aliphatic rings. The molecule has 0 unspecified atom stereocenters. The van der Waals surface area contributed by atoms with Crippen molar-refractivity contribution in [2.45, 2.75) is 0 Å². The average molecular weight is 207 g/mol. The van der Waals surface area contributed by atoms with Crippen molar-refractivity contribution in [3.05, 3.63) is 40.0 Å². The lowest BCUT2D eigenvalue weighted by molar-refractivity contribution is 0.541. The van der Waals surface area contributed by atoms with Crippen molar-refractivity contribution in [2.75, 3.05) is 0 Å². The van der Waals surface area contributed by atoms with Gasteiger partial charge >= 0.3 is 0 Å². The number of rotatable bonds is 0. The van der Waals surface area contributed by atoms with Crippen molar-refractivity contribution < 1.29 is 13.2 Å². The van der Waals surface area contributed by atoms with Crippen LogP contribution in [0.4, 0.5) is 18.9 Å². The minimum Gasteiger partial charge on any atom is -0.232 e. The zero-order valence-corrected chi connectivity index (χ0v) is 6.98. The first kappa shape index (κ1) is 10.6. The molecule has 0 aliphatic heterocycles. The number of nitrogens with zero attached hydrogens (tertiary/aromatic N) is 3. The molecule has 0 aromatic heterocycles. The second kappa shape index (κ2) is 3.69. The van der Waals surface area contributed by atoms with E-state index in [0.29, 0.717) is 0 Å². The summed E-state index contributed by atoms with van der Waals surface area (Å²) >= 11 is 0. The highest BCUT2D eigenvalue weighted by molar-refractivity contribution is 5.59. The maximum Gasteiger partial charge on any atom is 0.259 e. The zero-order chi connectivity index (χ0) is 11.6. The second-order valence-corrected chi connectivity index (χ2v) is 2.38. The van der Waals surface area contributed by atoms with Gasteiger partial charge in [-0.25, -0.2) is 18.0 Å². The minimum absolute atomic E-state index is 1.13. The van der Waals surface area contributed by atoms with E-state index in [9.17, 15) is 13.2 Å². The van der Waals surface area contributed by atoms with Crippen LogP contribution >= 0.6 is 0 Å². The lowest BCUT2D eigenvalue weighted by Gasteiger charge is -2.02. The molecule has 0 radical (unpaired) electrons. The average Bonchev–Trinajstić information content (AvgIpc) is 2.19. The largest absolute Gasteiger partial charge is 0.259 e. The first-order valence-electron chi connectivity index (χ1n) is 3.46. The Morgan fingerprint density at radius 3 is 1.60 bits per heavy atom. The van der Waals surface area contributed by atoms with Crippen LogP contribution in [-0.2, 0) is 0 Å². The fourth-order valence-corrected chi connectivity index (χ4v) is 0.945. The predicted octanol–water partition coefficient (Wildman–Crippen LogP) is 2.40. The van der Waals surface area contributed by atoms with E-state index in [1.165, 1.54) is 0 Å². The molecule has 15 heavy (non-hydrogen) atoms. The molecule has 6 heteroatoms. The summed E-state index contributed by atoms with van der Waals surface area (Å²) in [7, 11) is 0. The highest BCUT2D eigenvalue weighted by atomic mass is 19.1. The Labute approximate surface area is 82.4 Å². The Morgan fingerprint density at radius 1 is 0.933 bits per heavy atom. The van der Waals surface area contributed by atoms with Crippen LogP contribution in [0.2, 0.25) is 0 Å². The standard InChI is InChI=1S/C9F3N3/c1-15-9-7(11)4(2-13)6(10)5(3-14)8(9)12. The van der Waals surface area contributed by atoms with E-state index < -0.39 is 34.3 Å². The second-order valence-electron chi connectivity index (χ2n) is 2.38. The summed E-state index contributed by atoms with van der Waals surface area (Å²) in [6, 6.07) is 2.26. The molecule has 0 spiro atoms. The topological polar surface area (TPSA) is 51.9 Å². The molecular formula is C9F3N3. The summed E-state index contributed by atoms with van der Waals surface area (Å²) in [5, 5.41) is 16.7. The zero-order valence-electron chi connectivity index (χ0n) is 6.98. The molecule has 1 rings (SSSR count). The molecule has 0 saturated heterocycles. The van der Waals surface area contributed by atoms with Crippen LogP contribution in [-0.4, -0.2) is 0 Å². The molecule has 3 nitrogen and oxygen atoms in total. The molecule has 0 saturated carbocycles. The van der Waals surface area contributed by atoms with Crippen LogP contribution in [0, 0.1) is 46.7 Å². The van der Waals surface area contributed by atoms with Crippen molar-refractivity contribution >= 4 is 5.69 Å². The van der Waals surface area contributed by atoms with Crippen LogP contribution in [0.5, 0.6) is 0 Å². The summed E-state index contributed by atoms with van der Waals surface area (Å²) in [5.41, 5.74) is -3.40. The third kappa shape index (κ3) is 1.37. The van der Waals surface area contributed by atoms with Gasteiger partial charge in [0, 0.05) is 0 Å². The van der Waals surface area contributed by atoms with Crippen LogP contribution in [0.15, 0.2) is 0 Å². The van der Waals surface area contributed by atoms with Gasteiger partial charge in [-0.15, -0.1) is 0 Å². The van der Waals surface area contributed by atoms with E-state index in [-0.39, 0.29) is 0 Å². The number of benzene rings is 1. The highest BCUT2D eigenvalue weighted by Crippen LogP contribution is 2.30. The van der Waals surface area contributed by atoms with Gasteiger partial charge in [-0.2, -0.15) is 10.5 Å². The van der Waals surface area contributed by atoms with Gasteiger partial charge in [-0.1, -0.05) is 0 Å². The SMILES string of the molecule is [C-]#[N+]c1c(F)c(C#N)c(F)c(C#N)c1F. The van der Waals surface area contributed by atoms with Gasteiger partial charge in [0.05, 0.1) is 6.57 Å². The molecule has 1 aromatic rings. The quantitative estimate of drug-likeness (QED) is 0.613. The molecule has 0 heterocycles. The third-order valence-corrected chi connectivity index (χ3v) is 1.63. The van der Waals surface area contributed by atoms with E-state index in [1.807, 2.05) is 0 Å². The van der Waals surface area contributed by atoms with Crippen molar-refractivity contribution in [3.63, 3.8) is 0 Å². The van der Waals surface area contributed by atoms with Crippen LogP contribution in [0.1, 0.15) is 11.1 Å². The molecule has 1 aromatic carbocycles. The van der Waals surface area contributed by atoms with Gasteiger partial charge in [-0.05, 0) is 0 Å². The minimum atomic E-state index is -1.58. The number of hydrogen-bond acceptors (Lipinski definition) is 2. The first-order valence-corrected chi connectivity index (χ1v) is 3.46. The smallest absolute Gasteiger partial charge is 0.232 e. The molecule has 0 bridgehead atoms. The molecule has 0 atom stereocenters. The molecule has 0 N–H and O–H groups in total. The Morgan fingerprint density at radius 2 is 1.33 bits per heavy atom. The molecule has 0 amide bonds. The van der Waals surface area contributed by atoms with Crippen molar-refractivity contribution in [1.82, 2.24) is 0 Å². The predicted molar refractivity (Wildman–Crippen MR) is 42.0 cm³/mol. The van der Waals surface area contributed by atoms with Gasteiger partial charge in [0.15, 0.2) is 17.5 Å². The summed E-state index contributed by atoms with van der Waals surface area (Å²) in [6.07, 6.45) is 0. The van der Waals surface area contributed by atoms with Gasteiger partial charge < -0.3 is 0 Å². The lowest BCUT2D eigenvalue weighted by Crippen LogP contribution is -1.99. The maximum atomic E-state index is 13.1. The number of hydrogen-bond donors (Lipinski definition) is 0. The molecule has 0 fully saturated rings. The summed E-state index contributed by atoms with van der Waals surface area (Å²) in [4.78, 5) is 2.46. The summed E-state index contributed by atoms with van der Waals surface area (Å²) in [6.45, 7) is 6.44. The van der Waals surface area contributed by atoms with Crippen LogP contribution in [0.25, 0.3) is 4.85 Å². The van der Waals surface area contributed by atoms with Crippen molar-refractivity contribution in [3.8, 4) is 12.1 Å².